The van der Waals surface area contributed by atoms with Gasteiger partial charge in [-0.05, 0) is 56.7 Å². The van der Waals surface area contributed by atoms with E-state index in [2.05, 4.69) is 6.92 Å². The first-order chi connectivity index (χ1) is 10.7. The normalized spacial score (nSPS) is 15.0. The third-order valence-corrected chi connectivity index (χ3v) is 4.32. The van der Waals surface area contributed by atoms with Crippen molar-refractivity contribution < 1.29 is 14.3 Å². The van der Waals surface area contributed by atoms with Gasteiger partial charge in [-0.25, -0.2) is 4.79 Å². The molecule has 1 fully saturated rings. The Kier molecular flexibility index (Phi) is 6.29. The highest BCUT2D eigenvalue weighted by Crippen LogP contribution is 2.42. The highest BCUT2D eigenvalue weighted by Gasteiger charge is 2.25. The third kappa shape index (κ3) is 3.82. The van der Waals surface area contributed by atoms with Crippen LogP contribution >= 0.6 is 0 Å². The Morgan fingerprint density at radius 2 is 1.86 bits per heavy atom. The summed E-state index contributed by atoms with van der Waals surface area (Å²) < 4.78 is 11.1. The molecule has 0 heterocycles. The van der Waals surface area contributed by atoms with E-state index >= 15 is 0 Å². The van der Waals surface area contributed by atoms with Crippen LogP contribution in [-0.2, 0) is 11.2 Å². The lowest BCUT2D eigenvalue weighted by Gasteiger charge is -2.21. The summed E-state index contributed by atoms with van der Waals surface area (Å²) in [5.41, 5.74) is 3.23. The van der Waals surface area contributed by atoms with Crippen molar-refractivity contribution in [1.82, 2.24) is 0 Å². The number of hydrogen-bond donors (Lipinski definition) is 0. The summed E-state index contributed by atoms with van der Waals surface area (Å²) in [5.74, 6) is 1.22. The number of benzene rings is 1. The van der Waals surface area contributed by atoms with E-state index in [9.17, 15) is 4.79 Å². The third-order valence-electron chi connectivity index (χ3n) is 4.32. The maximum atomic E-state index is 12.1. The van der Waals surface area contributed by atoms with E-state index in [1.807, 2.05) is 26.0 Å². The molecule has 0 bridgehead atoms. The van der Waals surface area contributed by atoms with Gasteiger partial charge in [-0.15, -0.1) is 0 Å². The first-order valence-corrected chi connectivity index (χ1v) is 8.67. The van der Waals surface area contributed by atoms with Crippen molar-refractivity contribution >= 4 is 5.97 Å². The van der Waals surface area contributed by atoms with E-state index in [0.717, 1.165) is 18.6 Å². The molecule has 0 radical (unpaired) electrons. The van der Waals surface area contributed by atoms with Gasteiger partial charge in [-0.2, -0.15) is 0 Å². The highest BCUT2D eigenvalue weighted by molar-refractivity contribution is 5.90. The van der Waals surface area contributed by atoms with E-state index in [0.29, 0.717) is 24.7 Å². The van der Waals surface area contributed by atoms with Crippen molar-refractivity contribution in [2.45, 2.75) is 65.2 Å². The average Bonchev–Trinajstić information content (AvgIpc) is 3.01. The van der Waals surface area contributed by atoms with E-state index in [-0.39, 0.29) is 5.97 Å². The molecule has 3 nitrogen and oxygen atoms in total. The molecule has 0 aromatic heterocycles. The van der Waals surface area contributed by atoms with Gasteiger partial charge in [0.2, 0.25) is 0 Å². The van der Waals surface area contributed by atoms with Crippen molar-refractivity contribution in [3.8, 4) is 5.75 Å². The molecule has 22 heavy (non-hydrogen) atoms. The van der Waals surface area contributed by atoms with Crippen LogP contribution in [0.1, 0.15) is 80.3 Å². The molecule has 1 aliphatic carbocycles. The second kappa shape index (κ2) is 8.21. The summed E-state index contributed by atoms with van der Waals surface area (Å²) in [6.45, 7) is 7.03. The fourth-order valence-corrected chi connectivity index (χ4v) is 3.45. The SMILES string of the molecule is CCCc1cc(C(=O)OCC)cc(OCC)c1C1CCCC1. The topological polar surface area (TPSA) is 35.5 Å². The number of esters is 1. The average molecular weight is 304 g/mol. The number of carbonyl (C=O) groups is 1. The van der Waals surface area contributed by atoms with Gasteiger partial charge in [0, 0.05) is 5.56 Å². The molecular formula is C19H28O3. The Hall–Kier alpha value is -1.51. The summed E-state index contributed by atoms with van der Waals surface area (Å²) in [4.78, 5) is 12.1. The number of aryl methyl sites for hydroxylation is 1. The Morgan fingerprint density at radius 3 is 2.45 bits per heavy atom. The van der Waals surface area contributed by atoms with Gasteiger partial charge in [-0.1, -0.05) is 26.2 Å². The summed E-state index contributed by atoms with van der Waals surface area (Å²) >= 11 is 0. The van der Waals surface area contributed by atoms with Crippen molar-refractivity contribution in [3.63, 3.8) is 0 Å². The predicted molar refractivity (Wildman–Crippen MR) is 88.8 cm³/mol. The Balaban J connectivity index is 2.46. The van der Waals surface area contributed by atoms with Gasteiger partial charge in [0.15, 0.2) is 0 Å². The van der Waals surface area contributed by atoms with E-state index < -0.39 is 0 Å². The van der Waals surface area contributed by atoms with Crippen LogP contribution in [0.2, 0.25) is 0 Å². The number of carbonyl (C=O) groups excluding carboxylic acids is 1. The lowest BCUT2D eigenvalue weighted by molar-refractivity contribution is 0.0525. The fraction of sp³-hybridized carbons (Fsp3) is 0.632. The van der Waals surface area contributed by atoms with Crippen LogP contribution in [0.15, 0.2) is 12.1 Å². The van der Waals surface area contributed by atoms with Gasteiger partial charge in [0.1, 0.15) is 5.75 Å². The molecule has 122 valence electrons. The summed E-state index contributed by atoms with van der Waals surface area (Å²) in [5, 5.41) is 0. The number of rotatable bonds is 7. The standard InChI is InChI=1S/C19H28O3/c1-4-9-15-12-16(19(20)22-6-3)13-17(21-5-2)18(15)14-10-7-8-11-14/h12-14H,4-11H2,1-3H3. The van der Waals surface area contributed by atoms with E-state index in [1.54, 1.807) is 0 Å². The van der Waals surface area contributed by atoms with Gasteiger partial charge in [0.05, 0.1) is 18.8 Å². The maximum Gasteiger partial charge on any atom is 0.338 e. The zero-order valence-electron chi connectivity index (χ0n) is 14.1. The van der Waals surface area contributed by atoms with Crippen LogP contribution in [0, 0.1) is 0 Å². The van der Waals surface area contributed by atoms with Gasteiger partial charge in [-0.3, -0.25) is 0 Å². The molecule has 1 aromatic rings. The van der Waals surface area contributed by atoms with Crippen LogP contribution in [0.3, 0.4) is 0 Å². The Bertz CT molecular complexity index is 474. The molecule has 0 aliphatic heterocycles. The number of ether oxygens (including phenoxy) is 2. The zero-order valence-corrected chi connectivity index (χ0v) is 14.1. The van der Waals surface area contributed by atoms with Crippen molar-refractivity contribution in [1.29, 1.82) is 0 Å². The molecule has 0 spiro atoms. The van der Waals surface area contributed by atoms with Crippen LogP contribution in [0.5, 0.6) is 5.75 Å². The minimum Gasteiger partial charge on any atom is -0.494 e. The second-order valence-electron chi connectivity index (χ2n) is 5.93. The van der Waals surface area contributed by atoms with Crippen LogP contribution < -0.4 is 4.74 Å². The van der Waals surface area contributed by atoms with Crippen LogP contribution in [0.4, 0.5) is 0 Å². The van der Waals surface area contributed by atoms with E-state index in [4.69, 9.17) is 9.47 Å². The first kappa shape index (κ1) is 16.9. The molecule has 0 saturated heterocycles. The van der Waals surface area contributed by atoms with Gasteiger partial charge in [0.25, 0.3) is 0 Å². The van der Waals surface area contributed by atoms with Crippen molar-refractivity contribution in [3.05, 3.63) is 28.8 Å². The minimum atomic E-state index is -0.251. The molecule has 1 saturated carbocycles. The summed E-state index contributed by atoms with van der Waals surface area (Å²) in [6.07, 6.45) is 7.10. The Labute approximate surface area is 134 Å². The van der Waals surface area contributed by atoms with Gasteiger partial charge >= 0.3 is 5.97 Å². The summed E-state index contributed by atoms with van der Waals surface area (Å²) in [7, 11) is 0. The molecule has 1 aliphatic rings. The second-order valence-corrected chi connectivity index (χ2v) is 5.93. The largest absolute Gasteiger partial charge is 0.494 e. The molecule has 0 unspecified atom stereocenters. The molecule has 0 amide bonds. The van der Waals surface area contributed by atoms with Crippen LogP contribution in [0.25, 0.3) is 0 Å². The van der Waals surface area contributed by atoms with Gasteiger partial charge < -0.3 is 9.47 Å². The quantitative estimate of drug-likeness (QED) is 0.674. The maximum absolute atomic E-state index is 12.1. The minimum absolute atomic E-state index is 0.251. The highest BCUT2D eigenvalue weighted by atomic mass is 16.5. The molecule has 2 rings (SSSR count). The molecule has 1 aromatic carbocycles. The van der Waals surface area contributed by atoms with E-state index in [1.165, 1.54) is 36.8 Å². The molecule has 0 N–H and O–H groups in total. The lowest BCUT2D eigenvalue weighted by atomic mass is 9.88. The first-order valence-electron chi connectivity index (χ1n) is 8.67. The lowest BCUT2D eigenvalue weighted by Crippen LogP contribution is -2.10. The molecular weight excluding hydrogens is 276 g/mol. The summed E-state index contributed by atoms with van der Waals surface area (Å²) in [6, 6.07) is 3.91. The molecule has 3 heteroatoms. The predicted octanol–water partition coefficient (Wildman–Crippen LogP) is 4.87. The van der Waals surface area contributed by atoms with Crippen molar-refractivity contribution in [2.75, 3.05) is 13.2 Å². The fourth-order valence-electron chi connectivity index (χ4n) is 3.45. The van der Waals surface area contributed by atoms with Crippen LogP contribution in [-0.4, -0.2) is 19.2 Å². The smallest absolute Gasteiger partial charge is 0.338 e. The number of hydrogen-bond acceptors (Lipinski definition) is 3. The zero-order chi connectivity index (χ0) is 15.9. The molecule has 0 atom stereocenters. The van der Waals surface area contributed by atoms with Crippen molar-refractivity contribution in [2.24, 2.45) is 0 Å². The Morgan fingerprint density at radius 1 is 1.14 bits per heavy atom. The monoisotopic (exact) mass is 304 g/mol.